The summed E-state index contributed by atoms with van der Waals surface area (Å²) in [7, 11) is 2.06. The zero-order valence-corrected chi connectivity index (χ0v) is 18.6. The van der Waals surface area contributed by atoms with Crippen molar-refractivity contribution in [2.45, 2.75) is 53.6 Å². The molecule has 2 aromatic carbocycles. The number of aromatic nitrogens is 1. The highest BCUT2D eigenvalue weighted by atomic mass is 16.6. The van der Waals surface area contributed by atoms with Gasteiger partial charge in [0.25, 0.3) is 0 Å². The SMILES string of the molecule is Cc1cc(C)c(-c2ccc3c(c2)c(CCNC(=O)OC(C)(C)C)cn3C)c(C)c1. The van der Waals surface area contributed by atoms with Crippen LogP contribution >= 0.6 is 0 Å². The van der Waals surface area contributed by atoms with Crippen molar-refractivity contribution in [3.8, 4) is 11.1 Å². The Bertz CT molecular complexity index is 1030. The number of hydrogen-bond acceptors (Lipinski definition) is 2. The van der Waals surface area contributed by atoms with Crippen molar-refractivity contribution in [2.24, 2.45) is 7.05 Å². The number of nitrogens with one attached hydrogen (secondary N) is 1. The van der Waals surface area contributed by atoms with Gasteiger partial charge in [-0.05, 0) is 87.9 Å². The number of amides is 1. The number of aryl methyl sites for hydroxylation is 4. The quantitative estimate of drug-likeness (QED) is 0.606. The Morgan fingerprint density at radius 1 is 1.07 bits per heavy atom. The minimum atomic E-state index is -0.484. The van der Waals surface area contributed by atoms with Gasteiger partial charge in [0.1, 0.15) is 5.60 Å². The molecule has 154 valence electrons. The Morgan fingerprint density at radius 3 is 2.34 bits per heavy atom. The van der Waals surface area contributed by atoms with Crippen LogP contribution in [-0.2, 0) is 18.2 Å². The van der Waals surface area contributed by atoms with E-state index in [2.05, 4.69) is 74.2 Å². The van der Waals surface area contributed by atoms with E-state index < -0.39 is 5.60 Å². The van der Waals surface area contributed by atoms with Crippen molar-refractivity contribution in [2.75, 3.05) is 6.54 Å². The second kappa shape index (κ2) is 7.94. The Kier molecular flexibility index (Phi) is 5.74. The molecule has 0 bridgehead atoms. The van der Waals surface area contributed by atoms with Crippen LogP contribution in [0.25, 0.3) is 22.0 Å². The van der Waals surface area contributed by atoms with Crippen LogP contribution in [0.3, 0.4) is 0 Å². The third kappa shape index (κ3) is 4.81. The van der Waals surface area contributed by atoms with E-state index in [1.165, 1.54) is 44.3 Å². The molecule has 29 heavy (non-hydrogen) atoms. The molecule has 1 N–H and O–H groups in total. The zero-order valence-electron chi connectivity index (χ0n) is 18.6. The first-order chi connectivity index (χ1) is 13.5. The molecular weight excluding hydrogens is 360 g/mol. The highest BCUT2D eigenvalue weighted by Gasteiger charge is 2.16. The van der Waals surface area contributed by atoms with Gasteiger partial charge in [0.05, 0.1) is 0 Å². The summed E-state index contributed by atoms with van der Waals surface area (Å²) in [5, 5.41) is 4.09. The van der Waals surface area contributed by atoms with Crippen LogP contribution < -0.4 is 5.32 Å². The average Bonchev–Trinajstić information content (AvgIpc) is 2.88. The monoisotopic (exact) mass is 392 g/mol. The molecule has 0 radical (unpaired) electrons. The van der Waals surface area contributed by atoms with Gasteiger partial charge in [0, 0.05) is 30.7 Å². The van der Waals surface area contributed by atoms with Gasteiger partial charge in [0.15, 0.2) is 0 Å². The van der Waals surface area contributed by atoms with E-state index in [1.54, 1.807) is 0 Å². The number of nitrogens with zero attached hydrogens (tertiary/aromatic N) is 1. The Hall–Kier alpha value is -2.75. The van der Waals surface area contributed by atoms with E-state index >= 15 is 0 Å². The maximum Gasteiger partial charge on any atom is 0.407 e. The molecule has 0 saturated carbocycles. The molecule has 0 aliphatic rings. The molecule has 4 heteroatoms. The summed E-state index contributed by atoms with van der Waals surface area (Å²) >= 11 is 0. The first-order valence-electron chi connectivity index (χ1n) is 10.2. The topological polar surface area (TPSA) is 43.3 Å². The number of ether oxygens (including phenoxy) is 1. The predicted octanol–water partition coefficient (Wildman–Crippen LogP) is 5.84. The Labute approximate surface area is 173 Å². The van der Waals surface area contributed by atoms with Crippen LogP contribution in [0, 0.1) is 20.8 Å². The van der Waals surface area contributed by atoms with E-state index in [9.17, 15) is 4.79 Å². The second-order valence-corrected chi connectivity index (χ2v) is 8.95. The van der Waals surface area contributed by atoms with E-state index in [0.29, 0.717) is 6.54 Å². The molecule has 0 saturated heterocycles. The number of fused-ring (bicyclic) bond motifs is 1. The normalized spacial score (nSPS) is 11.7. The van der Waals surface area contributed by atoms with Crippen LogP contribution in [0.15, 0.2) is 36.5 Å². The molecular formula is C25H32N2O2. The number of rotatable bonds is 4. The molecule has 0 unspecified atom stereocenters. The van der Waals surface area contributed by atoms with Crippen LogP contribution in [-0.4, -0.2) is 22.8 Å². The van der Waals surface area contributed by atoms with E-state index in [4.69, 9.17) is 4.74 Å². The summed E-state index contributed by atoms with van der Waals surface area (Å²) in [6, 6.07) is 11.2. The highest BCUT2D eigenvalue weighted by molar-refractivity contribution is 5.89. The molecule has 0 spiro atoms. The Morgan fingerprint density at radius 2 is 1.72 bits per heavy atom. The number of alkyl carbamates (subject to hydrolysis) is 1. The Balaban J connectivity index is 1.87. The molecule has 0 atom stereocenters. The third-order valence-electron chi connectivity index (χ3n) is 5.10. The third-order valence-corrected chi connectivity index (χ3v) is 5.10. The first kappa shape index (κ1) is 21.0. The predicted molar refractivity (Wildman–Crippen MR) is 121 cm³/mol. The maximum atomic E-state index is 11.9. The summed E-state index contributed by atoms with van der Waals surface area (Å²) in [4.78, 5) is 11.9. The number of benzene rings is 2. The molecule has 4 nitrogen and oxygen atoms in total. The molecule has 0 aliphatic heterocycles. The fourth-order valence-corrected chi connectivity index (χ4v) is 4.08. The number of carbonyl (C=O) groups is 1. The summed E-state index contributed by atoms with van der Waals surface area (Å²) in [6.45, 7) is 12.6. The van der Waals surface area contributed by atoms with E-state index in [-0.39, 0.29) is 6.09 Å². The molecule has 3 rings (SSSR count). The van der Waals surface area contributed by atoms with Crippen LogP contribution in [0.1, 0.15) is 43.0 Å². The zero-order chi connectivity index (χ0) is 21.3. The van der Waals surface area contributed by atoms with E-state index in [0.717, 1.165) is 6.42 Å². The summed E-state index contributed by atoms with van der Waals surface area (Å²) < 4.78 is 7.48. The largest absolute Gasteiger partial charge is 0.444 e. The lowest BCUT2D eigenvalue weighted by Crippen LogP contribution is -2.33. The molecule has 0 fully saturated rings. The minimum Gasteiger partial charge on any atom is -0.444 e. The standard InChI is InChI=1S/C25H32N2O2/c1-16-12-17(2)23(18(3)13-16)19-8-9-22-21(14-19)20(15-27(22)7)10-11-26-24(28)29-25(4,5)6/h8-9,12-15H,10-11H2,1-7H3,(H,26,28). The van der Waals surface area contributed by atoms with Crippen molar-refractivity contribution >= 4 is 17.0 Å². The van der Waals surface area contributed by atoms with E-state index in [1.807, 2.05) is 20.8 Å². The van der Waals surface area contributed by atoms with Crippen LogP contribution in [0.5, 0.6) is 0 Å². The van der Waals surface area contributed by atoms with Gasteiger partial charge >= 0.3 is 6.09 Å². The van der Waals surface area contributed by atoms with Gasteiger partial charge in [-0.15, -0.1) is 0 Å². The number of hydrogen-bond donors (Lipinski definition) is 1. The minimum absolute atomic E-state index is 0.371. The fourth-order valence-electron chi connectivity index (χ4n) is 4.08. The van der Waals surface area contributed by atoms with Gasteiger partial charge in [-0.3, -0.25) is 0 Å². The molecule has 1 amide bonds. The van der Waals surface area contributed by atoms with Gasteiger partial charge in [-0.25, -0.2) is 4.79 Å². The summed E-state index contributed by atoms with van der Waals surface area (Å²) in [6.07, 6.45) is 2.54. The van der Waals surface area contributed by atoms with Gasteiger partial charge in [-0.2, -0.15) is 0 Å². The molecule has 0 aliphatic carbocycles. The van der Waals surface area contributed by atoms with Crippen molar-refractivity contribution in [3.05, 3.63) is 58.8 Å². The lowest BCUT2D eigenvalue weighted by atomic mass is 9.93. The van der Waals surface area contributed by atoms with Crippen molar-refractivity contribution in [1.82, 2.24) is 9.88 Å². The van der Waals surface area contributed by atoms with Crippen molar-refractivity contribution in [3.63, 3.8) is 0 Å². The summed E-state index contributed by atoms with van der Waals surface area (Å²) in [5.74, 6) is 0. The lowest BCUT2D eigenvalue weighted by molar-refractivity contribution is 0.0528. The van der Waals surface area contributed by atoms with Gasteiger partial charge in [0.2, 0.25) is 0 Å². The van der Waals surface area contributed by atoms with Gasteiger partial charge < -0.3 is 14.6 Å². The lowest BCUT2D eigenvalue weighted by Gasteiger charge is -2.19. The maximum absolute atomic E-state index is 11.9. The second-order valence-electron chi connectivity index (χ2n) is 8.95. The van der Waals surface area contributed by atoms with Crippen LogP contribution in [0.4, 0.5) is 4.79 Å². The smallest absolute Gasteiger partial charge is 0.407 e. The van der Waals surface area contributed by atoms with Crippen LogP contribution in [0.2, 0.25) is 0 Å². The van der Waals surface area contributed by atoms with Crippen molar-refractivity contribution < 1.29 is 9.53 Å². The molecule has 1 aromatic heterocycles. The number of carbonyl (C=O) groups excluding carboxylic acids is 1. The molecule has 1 heterocycles. The summed E-state index contributed by atoms with van der Waals surface area (Å²) in [5.41, 5.74) is 8.36. The molecule has 3 aromatic rings. The first-order valence-corrected chi connectivity index (χ1v) is 10.2. The fraction of sp³-hybridized carbons (Fsp3) is 0.400. The highest BCUT2D eigenvalue weighted by Crippen LogP contribution is 2.32. The van der Waals surface area contributed by atoms with Gasteiger partial charge in [-0.1, -0.05) is 23.8 Å². The van der Waals surface area contributed by atoms with Crippen molar-refractivity contribution in [1.29, 1.82) is 0 Å². The average molecular weight is 393 g/mol.